The number of rotatable bonds is 26. The molecule has 2 aromatic carbocycles. The Morgan fingerprint density at radius 3 is 1.91 bits per heavy atom. The van der Waals surface area contributed by atoms with E-state index in [-0.39, 0.29) is 82.5 Å². The largest absolute Gasteiger partial charge is 0.480 e. The Balaban J connectivity index is 1.09. The van der Waals surface area contributed by atoms with Crippen LogP contribution in [0.15, 0.2) is 70.6 Å². The van der Waals surface area contributed by atoms with Crippen LogP contribution in [-0.4, -0.2) is 172 Å². The summed E-state index contributed by atoms with van der Waals surface area (Å²) in [7, 11) is 0. The van der Waals surface area contributed by atoms with Crippen molar-refractivity contribution in [3.05, 3.63) is 71.8 Å². The van der Waals surface area contributed by atoms with Gasteiger partial charge >= 0.3 is 5.97 Å². The molecule has 14 N–H and O–H groups in total. The summed E-state index contributed by atoms with van der Waals surface area (Å²) in [6, 6.07) is 11.1. The molecule has 4 aliphatic rings. The number of fused-ring (bicyclic) bond motifs is 1. The van der Waals surface area contributed by atoms with Crippen molar-refractivity contribution in [3.8, 4) is 0 Å². The molecule has 0 unspecified atom stereocenters. The number of carboxylic acid groups (broad SMARTS) is 1. The predicted molar refractivity (Wildman–Crippen MR) is 276 cm³/mol. The smallest absolute Gasteiger partial charge is 0.326 e. The lowest BCUT2D eigenvalue weighted by atomic mass is 9.82. The zero-order chi connectivity index (χ0) is 54.1. The van der Waals surface area contributed by atoms with Crippen LogP contribution >= 0.6 is 0 Å². The van der Waals surface area contributed by atoms with Crippen molar-refractivity contribution in [2.75, 3.05) is 39.3 Å². The van der Waals surface area contributed by atoms with E-state index < -0.39 is 95.8 Å². The topological polar surface area (TPSA) is 373 Å². The van der Waals surface area contributed by atoms with Crippen LogP contribution in [0.5, 0.6) is 0 Å². The van der Waals surface area contributed by atoms with E-state index in [4.69, 9.17) is 22.9 Å². The molecule has 406 valence electrons. The van der Waals surface area contributed by atoms with E-state index >= 15 is 0 Å². The van der Waals surface area contributed by atoms with Crippen LogP contribution in [0.2, 0.25) is 0 Å². The number of aliphatic imine (C=N–C) groups is 2. The molecule has 0 bridgehead atoms. The third kappa shape index (κ3) is 15.2. The summed E-state index contributed by atoms with van der Waals surface area (Å²) in [5.74, 6) is -5.11. The van der Waals surface area contributed by atoms with Gasteiger partial charge in [0.05, 0.1) is 24.7 Å². The molecule has 0 radical (unpaired) electrons. The highest BCUT2D eigenvalue weighted by molar-refractivity contribution is 5.99. The van der Waals surface area contributed by atoms with Gasteiger partial charge in [0.2, 0.25) is 41.4 Å². The van der Waals surface area contributed by atoms with Gasteiger partial charge in [-0.2, -0.15) is 0 Å². The Bertz CT molecular complexity index is 2420. The van der Waals surface area contributed by atoms with E-state index in [0.29, 0.717) is 69.8 Å². The number of piperidine rings is 1. The molecule has 4 fully saturated rings. The van der Waals surface area contributed by atoms with Crippen LogP contribution in [0.3, 0.4) is 0 Å². The van der Waals surface area contributed by atoms with Crippen molar-refractivity contribution in [2.24, 2.45) is 32.9 Å². The van der Waals surface area contributed by atoms with Crippen molar-refractivity contribution in [2.45, 2.75) is 138 Å². The van der Waals surface area contributed by atoms with Gasteiger partial charge in [0, 0.05) is 39.1 Å². The lowest BCUT2D eigenvalue weighted by molar-refractivity contribution is -0.152. The number of nitrogens with one attached hydrogen (secondary N) is 5. The summed E-state index contributed by atoms with van der Waals surface area (Å²) in [5.41, 5.74) is 21.7. The number of hydrogen-bond donors (Lipinski definition) is 10. The molecule has 7 amide bonds. The Hall–Kier alpha value is -7.63. The fraction of sp³-hybridized carbons (Fsp3) is 0.549. The number of amides is 7. The standard InChI is InChI=1S/C51H72N14O10/c52-49(53)56-23-7-16-34(31-66)59-44(70)39-18-9-26-64(39)46(72)40-19-10-25-63(40)41(67)30-58-42(68)37(28-32-12-3-1-4-13-32)60-35-20-22-51(21-11-27-65(51)45(35)71)48(75)62-38(29-33-14-5-2-6-15-33)43(69)61-36(47(73)74)17-8-24-57-50(54)55/h1-6,12-15,31,34-40,60H,7-11,16-30H2,(H,58,68)(H,59,70)(H,61,69)(H,62,75)(H,73,74)(H4,52,53,56)(H4,54,55,57)/t34-,35-,36-,37-,38-,39-,40-,51+/m0/s1. The number of carbonyl (C=O) groups excluding carboxylic acids is 8. The predicted octanol–water partition coefficient (Wildman–Crippen LogP) is -2.10. The number of aldehydes is 1. The Labute approximate surface area is 435 Å². The first-order chi connectivity index (χ1) is 36.0. The quantitative estimate of drug-likeness (QED) is 0.0209. The maximum Gasteiger partial charge on any atom is 0.326 e. The van der Waals surface area contributed by atoms with Crippen molar-refractivity contribution in [3.63, 3.8) is 0 Å². The number of aliphatic carboxylic acids is 1. The summed E-state index contributed by atoms with van der Waals surface area (Å²) in [6.07, 6.45) is 4.78. The molecule has 0 saturated carbocycles. The van der Waals surface area contributed by atoms with Crippen LogP contribution in [0.1, 0.15) is 88.2 Å². The molecule has 75 heavy (non-hydrogen) atoms. The molecule has 4 heterocycles. The third-order valence-corrected chi connectivity index (χ3v) is 14.4. The zero-order valence-corrected chi connectivity index (χ0v) is 42.2. The molecule has 24 heteroatoms. The number of carboxylic acids is 1. The second-order valence-electron chi connectivity index (χ2n) is 19.5. The average molecular weight is 1040 g/mol. The van der Waals surface area contributed by atoms with Crippen molar-refractivity contribution < 1.29 is 48.3 Å². The number of nitrogens with two attached hydrogens (primary N) is 4. The van der Waals surface area contributed by atoms with Gasteiger partial charge in [0.25, 0.3) is 0 Å². The third-order valence-electron chi connectivity index (χ3n) is 14.4. The summed E-state index contributed by atoms with van der Waals surface area (Å²) in [6.45, 7) is 0.776. The fourth-order valence-corrected chi connectivity index (χ4v) is 10.5. The molecule has 24 nitrogen and oxygen atoms in total. The molecule has 0 aromatic heterocycles. The minimum atomic E-state index is -1.32. The maximum absolute atomic E-state index is 14.6. The number of guanidine groups is 2. The van der Waals surface area contributed by atoms with Gasteiger partial charge < -0.3 is 68.8 Å². The zero-order valence-electron chi connectivity index (χ0n) is 42.2. The lowest BCUT2D eigenvalue weighted by Gasteiger charge is -2.44. The van der Waals surface area contributed by atoms with Gasteiger partial charge in [-0.05, 0) is 94.6 Å². The molecule has 6 rings (SSSR count). The van der Waals surface area contributed by atoms with E-state index in [0.717, 1.165) is 5.56 Å². The van der Waals surface area contributed by atoms with E-state index in [2.05, 4.69) is 36.6 Å². The van der Waals surface area contributed by atoms with E-state index in [9.17, 15) is 48.3 Å². The van der Waals surface area contributed by atoms with Crippen molar-refractivity contribution >= 4 is 65.5 Å². The van der Waals surface area contributed by atoms with Crippen molar-refractivity contribution in [1.82, 2.24) is 41.3 Å². The molecular weight excluding hydrogens is 969 g/mol. The second-order valence-corrected chi connectivity index (χ2v) is 19.5. The molecule has 8 atom stereocenters. The Morgan fingerprint density at radius 2 is 1.29 bits per heavy atom. The van der Waals surface area contributed by atoms with Gasteiger partial charge in [-0.3, -0.25) is 48.9 Å². The number of carbonyl (C=O) groups is 9. The van der Waals surface area contributed by atoms with Crippen LogP contribution < -0.4 is 49.5 Å². The van der Waals surface area contributed by atoms with E-state index in [1.807, 2.05) is 30.3 Å². The summed E-state index contributed by atoms with van der Waals surface area (Å²) >= 11 is 0. The first-order valence-electron chi connectivity index (χ1n) is 25.7. The molecule has 0 spiro atoms. The van der Waals surface area contributed by atoms with Crippen molar-refractivity contribution in [1.29, 1.82) is 0 Å². The highest BCUT2D eigenvalue weighted by Gasteiger charge is 2.55. The number of hydrogen-bond acceptors (Lipinski definition) is 12. The monoisotopic (exact) mass is 1040 g/mol. The summed E-state index contributed by atoms with van der Waals surface area (Å²) in [4.78, 5) is 135. The molecule has 4 saturated heterocycles. The highest BCUT2D eigenvalue weighted by Crippen LogP contribution is 2.39. The minimum absolute atomic E-state index is 0.0180. The average Bonchev–Trinajstić information content (AvgIpc) is 4.20. The molecular formula is C51H72N14O10. The highest BCUT2D eigenvalue weighted by atomic mass is 16.4. The van der Waals surface area contributed by atoms with Gasteiger partial charge in [-0.25, -0.2) is 4.79 Å². The molecule has 0 aliphatic carbocycles. The Kier molecular flexibility index (Phi) is 20.4. The molecule has 4 aliphatic heterocycles. The van der Waals surface area contributed by atoms with Gasteiger partial charge in [-0.15, -0.1) is 0 Å². The van der Waals surface area contributed by atoms with Crippen LogP contribution in [-0.2, 0) is 56.0 Å². The van der Waals surface area contributed by atoms with Gasteiger partial charge in [0.1, 0.15) is 36.0 Å². The van der Waals surface area contributed by atoms with Crippen LogP contribution in [0.25, 0.3) is 0 Å². The van der Waals surface area contributed by atoms with E-state index in [1.54, 1.807) is 30.3 Å². The van der Waals surface area contributed by atoms with Crippen LogP contribution in [0.4, 0.5) is 0 Å². The summed E-state index contributed by atoms with van der Waals surface area (Å²) < 4.78 is 0. The first-order valence-corrected chi connectivity index (χ1v) is 25.7. The maximum atomic E-state index is 14.6. The second kappa shape index (κ2) is 27.1. The molecule has 2 aromatic rings. The SMILES string of the molecule is NC(N)=NCCC[C@@H](C=O)NC(=O)[C@@H]1CCCN1C(=O)[C@@H]1CCCN1C(=O)CNC(=O)[C@H](Cc1ccccc1)N[C@H]1CC[C@@]2(C(=O)N[C@@H](Cc3ccccc3)C(=O)N[C@@H](CCCN=C(N)N)C(=O)O)CCCN2C1=O. The Morgan fingerprint density at radius 1 is 0.693 bits per heavy atom. The number of likely N-dealkylation sites (tertiary alicyclic amines) is 2. The summed E-state index contributed by atoms with van der Waals surface area (Å²) in [5, 5.41) is 24.1. The minimum Gasteiger partial charge on any atom is -0.480 e. The van der Waals surface area contributed by atoms with E-state index in [1.165, 1.54) is 14.7 Å². The number of benzene rings is 2. The van der Waals surface area contributed by atoms with Crippen LogP contribution in [0, 0.1) is 0 Å². The lowest BCUT2D eigenvalue weighted by Crippen LogP contribution is -2.67. The van der Waals surface area contributed by atoms with Gasteiger partial charge in [0.15, 0.2) is 11.9 Å². The normalized spacial score (nSPS) is 21.6. The fourth-order valence-electron chi connectivity index (χ4n) is 10.5. The number of nitrogens with zero attached hydrogens (tertiary/aromatic N) is 5. The van der Waals surface area contributed by atoms with Gasteiger partial charge in [-0.1, -0.05) is 60.7 Å². The first kappa shape index (κ1) is 56.7.